The van der Waals surface area contributed by atoms with Gasteiger partial charge in [0.25, 0.3) is 0 Å². The van der Waals surface area contributed by atoms with Gasteiger partial charge in [0.2, 0.25) is 5.91 Å². The molecule has 1 atom stereocenters. The van der Waals surface area contributed by atoms with Crippen molar-refractivity contribution in [1.29, 1.82) is 0 Å². The van der Waals surface area contributed by atoms with Crippen LogP contribution < -0.4 is 11.1 Å². The number of nitrogens with two attached hydrogens (primary N) is 1. The van der Waals surface area contributed by atoms with Gasteiger partial charge in [-0.1, -0.05) is 38.1 Å². The lowest BCUT2D eigenvalue weighted by Crippen LogP contribution is -2.44. The van der Waals surface area contributed by atoms with Gasteiger partial charge in [-0.3, -0.25) is 9.69 Å². The van der Waals surface area contributed by atoms with Crippen LogP contribution >= 0.6 is 0 Å². The third kappa shape index (κ3) is 4.83. The van der Waals surface area contributed by atoms with Crippen LogP contribution in [-0.4, -0.2) is 36.5 Å². The van der Waals surface area contributed by atoms with Gasteiger partial charge in [0.05, 0.1) is 6.04 Å². The van der Waals surface area contributed by atoms with Gasteiger partial charge in [0.15, 0.2) is 0 Å². The monoisotopic (exact) mass is 289 g/mol. The predicted molar refractivity (Wildman–Crippen MR) is 85.9 cm³/mol. The van der Waals surface area contributed by atoms with Gasteiger partial charge >= 0.3 is 0 Å². The molecule has 0 aromatic heterocycles. The van der Waals surface area contributed by atoms with Crippen LogP contribution in [0.15, 0.2) is 24.3 Å². The predicted octanol–water partition coefficient (Wildman–Crippen LogP) is 1.53. The minimum Gasteiger partial charge on any atom is -0.353 e. The number of fused-ring (bicyclic) bond motifs is 1. The van der Waals surface area contributed by atoms with Crippen LogP contribution in [0.1, 0.15) is 31.4 Å². The largest absolute Gasteiger partial charge is 0.353 e. The van der Waals surface area contributed by atoms with E-state index >= 15 is 0 Å². The summed E-state index contributed by atoms with van der Waals surface area (Å²) in [6.45, 7) is 7.76. The van der Waals surface area contributed by atoms with E-state index in [1.54, 1.807) is 0 Å². The number of nitrogens with one attached hydrogen (secondary N) is 1. The molecule has 0 fully saturated rings. The molecule has 1 aromatic rings. The van der Waals surface area contributed by atoms with E-state index in [4.69, 9.17) is 5.73 Å². The van der Waals surface area contributed by atoms with Crippen molar-refractivity contribution in [2.24, 2.45) is 11.7 Å². The minimum absolute atomic E-state index is 0.0268. The fourth-order valence-corrected chi connectivity index (χ4v) is 2.83. The highest BCUT2D eigenvalue weighted by molar-refractivity contribution is 5.81. The van der Waals surface area contributed by atoms with Crippen molar-refractivity contribution in [3.8, 4) is 0 Å². The SMILES string of the molecule is CC(C)C[C@H](N)C(=O)NCCN1CCc2ccccc2C1. The Hall–Kier alpha value is -1.39. The number of amides is 1. The third-order valence-corrected chi connectivity index (χ3v) is 4.00. The number of carbonyl (C=O) groups is 1. The van der Waals surface area contributed by atoms with E-state index in [1.165, 1.54) is 11.1 Å². The minimum atomic E-state index is -0.382. The molecule has 0 saturated heterocycles. The fraction of sp³-hybridized carbons (Fsp3) is 0.588. The first-order chi connectivity index (χ1) is 10.1. The van der Waals surface area contributed by atoms with Crippen molar-refractivity contribution in [2.45, 2.75) is 39.3 Å². The van der Waals surface area contributed by atoms with Crippen molar-refractivity contribution < 1.29 is 4.79 Å². The normalized spacial score (nSPS) is 16.6. The molecule has 0 bridgehead atoms. The van der Waals surface area contributed by atoms with Gasteiger partial charge in [-0.15, -0.1) is 0 Å². The molecular formula is C17H27N3O. The molecule has 4 nitrogen and oxygen atoms in total. The molecule has 0 unspecified atom stereocenters. The lowest BCUT2D eigenvalue weighted by molar-refractivity contribution is -0.122. The Morgan fingerprint density at radius 2 is 2.05 bits per heavy atom. The van der Waals surface area contributed by atoms with E-state index in [0.29, 0.717) is 12.5 Å². The Kier molecular flexibility index (Phi) is 5.76. The molecule has 2 rings (SSSR count). The molecule has 3 N–H and O–H groups in total. The average Bonchev–Trinajstić information content (AvgIpc) is 2.46. The average molecular weight is 289 g/mol. The number of rotatable bonds is 6. The number of nitrogens with zero attached hydrogens (tertiary/aromatic N) is 1. The van der Waals surface area contributed by atoms with Crippen LogP contribution in [0.4, 0.5) is 0 Å². The van der Waals surface area contributed by atoms with Crippen molar-refractivity contribution >= 4 is 5.91 Å². The summed E-state index contributed by atoms with van der Waals surface area (Å²) in [5, 5.41) is 2.95. The Morgan fingerprint density at radius 3 is 2.76 bits per heavy atom. The zero-order valence-electron chi connectivity index (χ0n) is 13.1. The second-order valence-electron chi connectivity index (χ2n) is 6.32. The lowest BCUT2D eigenvalue weighted by atomic mass is 10.00. The van der Waals surface area contributed by atoms with Crippen LogP contribution in [0, 0.1) is 5.92 Å². The fourth-order valence-electron chi connectivity index (χ4n) is 2.83. The molecule has 0 radical (unpaired) electrons. The van der Waals surface area contributed by atoms with Crippen LogP contribution in [0.5, 0.6) is 0 Å². The van der Waals surface area contributed by atoms with Gasteiger partial charge in [-0.25, -0.2) is 0 Å². The molecule has 4 heteroatoms. The summed E-state index contributed by atoms with van der Waals surface area (Å²) >= 11 is 0. The van der Waals surface area contributed by atoms with E-state index in [1.807, 2.05) is 0 Å². The summed E-state index contributed by atoms with van der Waals surface area (Å²) in [4.78, 5) is 14.2. The molecule has 0 saturated carbocycles. The van der Waals surface area contributed by atoms with E-state index < -0.39 is 0 Å². The molecule has 1 aliphatic rings. The van der Waals surface area contributed by atoms with Crippen LogP contribution in [0.3, 0.4) is 0 Å². The highest BCUT2D eigenvalue weighted by Gasteiger charge is 2.17. The molecular weight excluding hydrogens is 262 g/mol. The first-order valence-electron chi connectivity index (χ1n) is 7.88. The Labute approximate surface area is 127 Å². The van der Waals surface area contributed by atoms with Gasteiger partial charge < -0.3 is 11.1 Å². The zero-order valence-corrected chi connectivity index (χ0v) is 13.1. The van der Waals surface area contributed by atoms with Gasteiger partial charge in [-0.05, 0) is 29.9 Å². The van der Waals surface area contributed by atoms with Crippen molar-refractivity contribution in [1.82, 2.24) is 10.2 Å². The maximum atomic E-state index is 11.9. The topological polar surface area (TPSA) is 58.4 Å². The van der Waals surface area contributed by atoms with Gasteiger partial charge in [-0.2, -0.15) is 0 Å². The maximum Gasteiger partial charge on any atom is 0.236 e. The zero-order chi connectivity index (χ0) is 15.2. The van der Waals surface area contributed by atoms with Crippen molar-refractivity contribution in [3.05, 3.63) is 35.4 Å². The molecule has 0 spiro atoms. The molecule has 1 heterocycles. The Morgan fingerprint density at radius 1 is 1.33 bits per heavy atom. The summed E-state index contributed by atoms with van der Waals surface area (Å²) in [5.74, 6) is 0.422. The quantitative estimate of drug-likeness (QED) is 0.835. The van der Waals surface area contributed by atoms with Gasteiger partial charge in [0.1, 0.15) is 0 Å². The summed E-state index contributed by atoms with van der Waals surface area (Å²) in [6, 6.07) is 8.21. The Balaban J connectivity index is 1.71. The van der Waals surface area contributed by atoms with E-state index in [9.17, 15) is 4.79 Å². The number of hydrogen-bond donors (Lipinski definition) is 2. The van der Waals surface area contributed by atoms with Crippen molar-refractivity contribution in [3.63, 3.8) is 0 Å². The summed E-state index contributed by atoms with van der Waals surface area (Å²) in [7, 11) is 0. The van der Waals surface area contributed by atoms with E-state index in [0.717, 1.165) is 32.5 Å². The Bertz CT molecular complexity index is 473. The van der Waals surface area contributed by atoms with Gasteiger partial charge in [0, 0.05) is 26.2 Å². The van der Waals surface area contributed by atoms with E-state index in [-0.39, 0.29) is 11.9 Å². The standard InChI is InChI=1S/C17H27N3O/c1-13(2)11-16(18)17(21)19-8-10-20-9-7-14-5-3-4-6-15(14)12-20/h3-6,13,16H,7-12,18H2,1-2H3,(H,19,21)/t16-/m0/s1. The molecule has 21 heavy (non-hydrogen) atoms. The molecule has 1 aliphatic heterocycles. The van der Waals surface area contributed by atoms with Crippen LogP contribution in [0.25, 0.3) is 0 Å². The highest BCUT2D eigenvalue weighted by atomic mass is 16.2. The summed E-state index contributed by atoms with van der Waals surface area (Å²) in [5.41, 5.74) is 8.74. The van der Waals surface area contributed by atoms with E-state index in [2.05, 4.69) is 48.3 Å². The number of benzene rings is 1. The van der Waals surface area contributed by atoms with Crippen molar-refractivity contribution in [2.75, 3.05) is 19.6 Å². The second-order valence-corrected chi connectivity index (χ2v) is 6.32. The second kappa shape index (κ2) is 7.57. The summed E-state index contributed by atoms with van der Waals surface area (Å²) in [6.07, 6.45) is 1.83. The number of hydrogen-bond acceptors (Lipinski definition) is 3. The lowest BCUT2D eigenvalue weighted by Gasteiger charge is -2.28. The molecule has 1 aromatic carbocycles. The third-order valence-electron chi connectivity index (χ3n) is 4.00. The first-order valence-corrected chi connectivity index (χ1v) is 7.88. The molecule has 1 amide bonds. The summed E-state index contributed by atoms with van der Waals surface area (Å²) < 4.78 is 0. The smallest absolute Gasteiger partial charge is 0.236 e. The van der Waals surface area contributed by atoms with Crippen LogP contribution in [0.2, 0.25) is 0 Å². The maximum absolute atomic E-state index is 11.9. The van der Waals surface area contributed by atoms with Crippen LogP contribution in [-0.2, 0) is 17.8 Å². The highest BCUT2D eigenvalue weighted by Crippen LogP contribution is 2.17. The number of carbonyl (C=O) groups excluding carboxylic acids is 1. The molecule has 0 aliphatic carbocycles. The first kappa shape index (κ1) is 16.0. The molecule has 116 valence electrons.